The summed E-state index contributed by atoms with van der Waals surface area (Å²) in [6, 6.07) is 7.81. The second-order valence-electron chi connectivity index (χ2n) is 16.6. The van der Waals surface area contributed by atoms with Crippen molar-refractivity contribution >= 4 is 23.3 Å². The van der Waals surface area contributed by atoms with Crippen LogP contribution in [-0.4, -0.2) is 55.7 Å². The van der Waals surface area contributed by atoms with Crippen LogP contribution in [0.5, 0.6) is 11.5 Å². The van der Waals surface area contributed by atoms with Gasteiger partial charge in [-0.2, -0.15) is 11.8 Å². The minimum Gasteiger partial charge on any atom is -0.507 e. The zero-order chi connectivity index (χ0) is 34.7. The summed E-state index contributed by atoms with van der Waals surface area (Å²) in [5.74, 6) is 0.205. The van der Waals surface area contributed by atoms with Crippen molar-refractivity contribution in [1.82, 2.24) is 0 Å². The number of phenols is 2. The molecule has 2 aromatic carbocycles. The van der Waals surface area contributed by atoms with Gasteiger partial charge in [-0.15, -0.1) is 0 Å². The zero-order valence-corrected chi connectivity index (χ0v) is 30.5. The van der Waals surface area contributed by atoms with Gasteiger partial charge in [-0.05, 0) is 67.9 Å². The highest BCUT2D eigenvalue weighted by atomic mass is 32.2. The number of aromatic hydroxyl groups is 2. The van der Waals surface area contributed by atoms with Crippen molar-refractivity contribution in [3.8, 4) is 11.5 Å². The van der Waals surface area contributed by atoms with E-state index in [1.54, 1.807) is 0 Å². The number of carbonyl (C=O) groups is 2. The maximum absolute atomic E-state index is 12.8. The van der Waals surface area contributed by atoms with Crippen LogP contribution in [0.3, 0.4) is 0 Å². The predicted octanol–water partition coefficient (Wildman–Crippen LogP) is 7.45. The first-order valence-corrected chi connectivity index (χ1v) is 17.2. The highest BCUT2D eigenvalue weighted by molar-refractivity contribution is 7.99. The first-order chi connectivity index (χ1) is 20.3. The number of carbonyl (C=O) groups excluding carboxylic acids is 2. The van der Waals surface area contributed by atoms with Crippen LogP contribution in [-0.2, 0) is 44.1 Å². The molecule has 6 nitrogen and oxygen atoms in total. The van der Waals surface area contributed by atoms with E-state index in [0.29, 0.717) is 24.3 Å². The van der Waals surface area contributed by atoms with Gasteiger partial charge in [0.25, 0.3) is 0 Å². The first kappa shape index (κ1) is 38.8. The number of phenolic OH excluding ortho intramolecular Hbond substituents is 2. The lowest BCUT2D eigenvalue weighted by Gasteiger charge is -2.28. The molecule has 0 fully saturated rings. The molecule has 0 bridgehead atoms. The van der Waals surface area contributed by atoms with Crippen molar-refractivity contribution in [3.63, 3.8) is 0 Å². The fraction of sp³-hybridized carbons (Fsp3) is 0.632. The number of aliphatic hydroxyl groups is 2. The Morgan fingerprint density at radius 3 is 1.02 bits per heavy atom. The topological polar surface area (TPSA) is 115 Å². The number of Topliss-reactive ketones (excluding diaryl/α,β-unsaturated/α-hetero) is 2. The van der Waals surface area contributed by atoms with Crippen LogP contribution in [0.2, 0.25) is 0 Å². The van der Waals surface area contributed by atoms with Crippen molar-refractivity contribution in [2.75, 3.05) is 11.5 Å². The number of hydrogen-bond donors (Lipinski definition) is 4. The van der Waals surface area contributed by atoms with Crippen molar-refractivity contribution in [2.45, 2.75) is 143 Å². The van der Waals surface area contributed by atoms with Crippen molar-refractivity contribution in [1.29, 1.82) is 0 Å². The molecule has 2 unspecified atom stereocenters. The summed E-state index contributed by atoms with van der Waals surface area (Å²) >= 11 is 1.19. The lowest BCUT2D eigenvalue weighted by atomic mass is 9.78. The molecule has 0 aromatic heterocycles. The van der Waals surface area contributed by atoms with Gasteiger partial charge in [0, 0.05) is 24.3 Å². The van der Waals surface area contributed by atoms with E-state index in [0.717, 1.165) is 33.4 Å². The fourth-order valence-corrected chi connectivity index (χ4v) is 6.26. The zero-order valence-electron chi connectivity index (χ0n) is 29.7. The molecule has 0 spiro atoms. The largest absolute Gasteiger partial charge is 0.507 e. The molecule has 0 aliphatic carbocycles. The molecule has 252 valence electrons. The normalized spacial score (nSPS) is 14.4. The number of aliphatic hydroxyl groups excluding tert-OH is 2. The average molecular weight is 643 g/mol. The van der Waals surface area contributed by atoms with Crippen molar-refractivity contribution < 1.29 is 30.0 Å². The molecule has 45 heavy (non-hydrogen) atoms. The van der Waals surface area contributed by atoms with Gasteiger partial charge in [-0.1, -0.05) is 107 Å². The Morgan fingerprint density at radius 1 is 0.556 bits per heavy atom. The number of thioether (sulfide) groups is 1. The monoisotopic (exact) mass is 642 g/mol. The molecule has 0 saturated carbocycles. The molecular formula is C38H58O6S. The lowest BCUT2D eigenvalue weighted by Crippen LogP contribution is -2.27. The van der Waals surface area contributed by atoms with Crippen molar-refractivity contribution in [3.05, 3.63) is 57.6 Å². The second-order valence-corrected chi connectivity index (χ2v) is 17.7. The van der Waals surface area contributed by atoms with Gasteiger partial charge in [0.05, 0.1) is 0 Å². The maximum atomic E-state index is 12.8. The van der Waals surface area contributed by atoms with E-state index in [-0.39, 0.29) is 57.6 Å². The molecule has 0 amide bonds. The van der Waals surface area contributed by atoms with Gasteiger partial charge in [0.2, 0.25) is 0 Å². The highest BCUT2D eigenvalue weighted by Gasteiger charge is 2.28. The van der Waals surface area contributed by atoms with Gasteiger partial charge < -0.3 is 20.4 Å². The summed E-state index contributed by atoms with van der Waals surface area (Å²) < 4.78 is 0. The van der Waals surface area contributed by atoms with E-state index in [1.807, 2.05) is 107 Å². The molecule has 7 heteroatoms. The van der Waals surface area contributed by atoms with Gasteiger partial charge in [-0.3, -0.25) is 9.59 Å². The molecule has 0 heterocycles. The molecule has 2 atom stereocenters. The summed E-state index contributed by atoms with van der Waals surface area (Å²) in [5, 5.41) is 42.9. The van der Waals surface area contributed by atoms with E-state index in [1.165, 1.54) is 11.8 Å². The summed E-state index contributed by atoms with van der Waals surface area (Å²) in [7, 11) is 0. The van der Waals surface area contributed by atoms with E-state index in [4.69, 9.17) is 0 Å². The molecule has 0 aliphatic rings. The van der Waals surface area contributed by atoms with E-state index in [2.05, 4.69) is 0 Å². The van der Waals surface area contributed by atoms with Crippen LogP contribution in [0.4, 0.5) is 0 Å². The third-order valence-electron chi connectivity index (χ3n) is 8.19. The van der Waals surface area contributed by atoms with Crippen LogP contribution in [0.1, 0.15) is 129 Å². The number of rotatable bonds is 12. The smallest absolute Gasteiger partial charge is 0.162 e. The Morgan fingerprint density at radius 2 is 0.800 bits per heavy atom. The van der Waals surface area contributed by atoms with Gasteiger partial charge >= 0.3 is 0 Å². The lowest BCUT2D eigenvalue weighted by molar-refractivity contribution is -0.126. The van der Waals surface area contributed by atoms with Crippen LogP contribution >= 0.6 is 11.8 Å². The minimum atomic E-state index is -1.19. The van der Waals surface area contributed by atoms with E-state index >= 15 is 0 Å². The molecule has 2 rings (SSSR count). The fourth-order valence-electron chi connectivity index (χ4n) is 5.31. The molecule has 0 saturated heterocycles. The standard InChI is InChI=1S/C38H58O6S/c1-35(2,3)25-17-23(18-26(33(25)43)36(4,5)6)13-15-29(39)31(41)21-45-22-32(42)30(40)16-14-24-19-27(37(7,8)9)34(44)28(20-24)38(10,11)12/h17-20,31-32,41-44H,13-16,21-22H2,1-12H3. The second kappa shape index (κ2) is 14.6. The Bertz CT molecular complexity index is 1170. The van der Waals surface area contributed by atoms with Crippen LogP contribution in [0.25, 0.3) is 0 Å². The minimum absolute atomic E-state index is 0.0983. The van der Waals surface area contributed by atoms with Crippen LogP contribution in [0.15, 0.2) is 24.3 Å². The summed E-state index contributed by atoms with van der Waals surface area (Å²) in [6.45, 7) is 24.5. The molecule has 0 radical (unpaired) electrons. The molecular weight excluding hydrogens is 584 g/mol. The Balaban J connectivity index is 1.96. The van der Waals surface area contributed by atoms with E-state index < -0.39 is 12.2 Å². The van der Waals surface area contributed by atoms with E-state index in [9.17, 15) is 30.0 Å². The van der Waals surface area contributed by atoms with Gasteiger partial charge in [0.15, 0.2) is 11.6 Å². The number of hydrogen-bond acceptors (Lipinski definition) is 7. The van der Waals surface area contributed by atoms with Gasteiger partial charge in [-0.25, -0.2) is 0 Å². The Kier molecular flexibility index (Phi) is 12.6. The van der Waals surface area contributed by atoms with Crippen LogP contribution in [0, 0.1) is 0 Å². The summed E-state index contributed by atoms with van der Waals surface area (Å²) in [6.07, 6.45) is -1.19. The molecule has 2 aromatic rings. The SMILES string of the molecule is CC(C)(C)c1cc(CCC(=O)C(O)CSCC(O)C(=O)CCc2cc(C(C)(C)C)c(O)c(C(C)(C)C)c2)cc(C(C)(C)C)c1O. The third-order valence-corrected chi connectivity index (χ3v) is 9.29. The summed E-state index contributed by atoms with van der Waals surface area (Å²) in [5.41, 5.74) is 4.14. The highest BCUT2D eigenvalue weighted by Crippen LogP contribution is 2.41. The number of ketones is 2. The third kappa shape index (κ3) is 10.9. The molecule has 4 N–H and O–H groups in total. The predicted molar refractivity (Wildman–Crippen MR) is 187 cm³/mol. The maximum Gasteiger partial charge on any atom is 0.162 e. The number of benzene rings is 2. The van der Waals surface area contributed by atoms with Gasteiger partial charge in [0.1, 0.15) is 23.7 Å². The average Bonchev–Trinajstić information content (AvgIpc) is 2.88. The number of aryl methyl sites for hydroxylation is 2. The Labute approximate surface area is 276 Å². The quantitative estimate of drug-likeness (QED) is 0.190. The van der Waals surface area contributed by atoms with Crippen molar-refractivity contribution in [2.24, 2.45) is 0 Å². The van der Waals surface area contributed by atoms with Crippen LogP contribution < -0.4 is 0 Å². The molecule has 0 aliphatic heterocycles. The first-order valence-electron chi connectivity index (χ1n) is 16.1. The summed E-state index contributed by atoms with van der Waals surface area (Å²) in [4.78, 5) is 25.6. The Hall–Kier alpha value is -2.35.